The molecule has 0 aliphatic carbocycles. The van der Waals surface area contributed by atoms with Crippen molar-refractivity contribution in [3.8, 4) is 0 Å². The number of halogens is 2. The summed E-state index contributed by atoms with van der Waals surface area (Å²) in [5.74, 6) is -0.205. The normalized spacial score (nSPS) is 14.9. The monoisotopic (exact) mass is 417 g/mol. The number of piperidine rings is 1. The van der Waals surface area contributed by atoms with Crippen molar-refractivity contribution in [2.75, 3.05) is 18.4 Å². The number of benzene rings is 2. The minimum atomic E-state index is -0.205. The molecule has 0 bridgehead atoms. The highest BCUT2D eigenvalue weighted by molar-refractivity contribution is 6.37. The Balaban J connectivity index is 1.47. The highest BCUT2D eigenvalue weighted by Gasteiger charge is 2.23. The summed E-state index contributed by atoms with van der Waals surface area (Å²) in [6.45, 7) is 1.17. The van der Waals surface area contributed by atoms with Gasteiger partial charge < -0.3 is 15.5 Å². The Labute approximate surface area is 174 Å². The molecule has 0 unspecified atom stereocenters. The van der Waals surface area contributed by atoms with Crippen LogP contribution < -0.4 is 10.6 Å². The van der Waals surface area contributed by atoms with E-state index in [1.54, 1.807) is 29.2 Å². The quantitative estimate of drug-likeness (QED) is 0.700. The molecule has 1 fully saturated rings. The topological polar surface area (TPSA) is 61.4 Å². The molecule has 0 spiro atoms. The van der Waals surface area contributed by atoms with Gasteiger partial charge in [-0.2, -0.15) is 0 Å². The van der Waals surface area contributed by atoms with E-state index in [9.17, 15) is 9.59 Å². The lowest BCUT2D eigenvalue weighted by Crippen LogP contribution is -2.47. The summed E-state index contributed by atoms with van der Waals surface area (Å²) in [6, 6.07) is 14.5. The second-order valence-electron chi connectivity index (χ2n) is 6.53. The van der Waals surface area contributed by atoms with Crippen LogP contribution in [0.2, 0.25) is 10.0 Å². The van der Waals surface area contributed by atoms with Crippen molar-refractivity contribution in [1.29, 1.82) is 0 Å². The van der Waals surface area contributed by atoms with Crippen molar-refractivity contribution in [2.45, 2.75) is 18.9 Å². The molecular weight excluding hydrogens is 397 g/mol. The number of carbonyl (C=O) groups is 2. The fourth-order valence-corrected chi connectivity index (χ4v) is 3.55. The van der Waals surface area contributed by atoms with Crippen LogP contribution in [0.3, 0.4) is 0 Å². The minimum Gasteiger partial charge on any atom is -0.350 e. The van der Waals surface area contributed by atoms with Crippen molar-refractivity contribution < 1.29 is 9.59 Å². The molecule has 0 aromatic heterocycles. The van der Waals surface area contributed by atoms with Crippen molar-refractivity contribution in [3.05, 3.63) is 70.2 Å². The van der Waals surface area contributed by atoms with E-state index in [0.29, 0.717) is 41.5 Å². The van der Waals surface area contributed by atoms with Crippen LogP contribution in [0.5, 0.6) is 0 Å². The van der Waals surface area contributed by atoms with E-state index < -0.39 is 0 Å². The van der Waals surface area contributed by atoms with E-state index in [1.165, 1.54) is 6.08 Å². The van der Waals surface area contributed by atoms with Crippen molar-refractivity contribution in [3.63, 3.8) is 0 Å². The number of hydrogen-bond acceptors (Lipinski definition) is 2. The molecule has 1 aliphatic heterocycles. The van der Waals surface area contributed by atoms with Crippen LogP contribution >= 0.6 is 23.2 Å². The van der Waals surface area contributed by atoms with Gasteiger partial charge in [0.05, 0.1) is 0 Å². The van der Waals surface area contributed by atoms with Crippen LogP contribution in [0.4, 0.5) is 10.5 Å². The van der Waals surface area contributed by atoms with E-state index in [2.05, 4.69) is 10.6 Å². The van der Waals surface area contributed by atoms with Crippen LogP contribution in [0.1, 0.15) is 18.4 Å². The first kappa shape index (κ1) is 20.2. The Morgan fingerprint density at radius 3 is 2.25 bits per heavy atom. The third-order valence-electron chi connectivity index (χ3n) is 4.55. The molecule has 2 aromatic rings. The SMILES string of the molecule is O=C(/C=C/c1c(Cl)cccc1Cl)NC1CCN(C(=O)Nc2ccccc2)CC1. The van der Waals surface area contributed by atoms with Crippen LogP contribution in [0.15, 0.2) is 54.6 Å². The van der Waals surface area contributed by atoms with Crippen LogP contribution in [0, 0.1) is 0 Å². The molecule has 2 aromatic carbocycles. The molecule has 0 saturated carbocycles. The zero-order valence-electron chi connectivity index (χ0n) is 15.2. The van der Waals surface area contributed by atoms with Gasteiger partial charge in [-0.3, -0.25) is 4.79 Å². The minimum absolute atomic E-state index is 0.0274. The van der Waals surface area contributed by atoms with Crippen molar-refractivity contribution >= 4 is 46.9 Å². The van der Waals surface area contributed by atoms with Gasteiger partial charge in [0.2, 0.25) is 5.91 Å². The zero-order valence-corrected chi connectivity index (χ0v) is 16.7. The average molecular weight is 418 g/mol. The number of nitrogens with zero attached hydrogens (tertiary/aromatic N) is 1. The molecular formula is C21H21Cl2N3O2. The summed E-state index contributed by atoms with van der Waals surface area (Å²) in [5.41, 5.74) is 1.39. The Bertz CT molecular complexity index is 843. The lowest BCUT2D eigenvalue weighted by molar-refractivity contribution is -0.117. The number of rotatable bonds is 4. The van der Waals surface area contributed by atoms with Gasteiger partial charge >= 0.3 is 6.03 Å². The van der Waals surface area contributed by atoms with E-state index in [-0.39, 0.29) is 18.0 Å². The fraction of sp³-hybridized carbons (Fsp3) is 0.238. The fourth-order valence-electron chi connectivity index (χ4n) is 3.03. The Hall–Kier alpha value is -2.50. The zero-order chi connectivity index (χ0) is 19.9. The molecule has 2 N–H and O–H groups in total. The first-order chi connectivity index (χ1) is 13.5. The van der Waals surface area contributed by atoms with Crippen molar-refractivity contribution in [2.24, 2.45) is 0 Å². The summed E-state index contributed by atoms with van der Waals surface area (Å²) in [4.78, 5) is 26.3. The molecule has 5 nitrogen and oxygen atoms in total. The van der Waals surface area contributed by atoms with Gasteiger partial charge in [0.25, 0.3) is 0 Å². The summed E-state index contributed by atoms with van der Waals surface area (Å²) >= 11 is 12.2. The maximum atomic E-state index is 12.3. The summed E-state index contributed by atoms with van der Waals surface area (Å²) in [7, 11) is 0. The molecule has 146 valence electrons. The van der Waals surface area contributed by atoms with Gasteiger partial charge in [-0.15, -0.1) is 0 Å². The maximum Gasteiger partial charge on any atom is 0.321 e. The number of nitrogens with one attached hydrogen (secondary N) is 2. The number of para-hydroxylation sites is 1. The van der Waals surface area contributed by atoms with Crippen molar-refractivity contribution in [1.82, 2.24) is 10.2 Å². The first-order valence-electron chi connectivity index (χ1n) is 9.06. The highest BCUT2D eigenvalue weighted by atomic mass is 35.5. The largest absolute Gasteiger partial charge is 0.350 e. The van der Waals surface area contributed by atoms with Crippen LogP contribution in [-0.2, 0) is 4.79 Å². The van der Waals surface area contributed by atoms with E-state index in [1.807, 2.05) is 30.3 Å². The number of anilines is 1. The molecule has 1 aliphatic rings. The van der Waals surface area contributed by atoms with E-state index >= 15 is 0 Å². The van der Waals surface area contributed by atoms with Gasteiger partial charge in [-0.05, 0) is 43.2 Å². The number of urea groups is 1. The van der Waals surface area contributed by atoms with Crippen LogP contribution in [-0.4, -0.2) is 36.0 Å². The molecule has 0 atom stereocenters. The smallest absolute Gasteiger partial charge is 0.321 e. The van der Waals surface area contributed by atoms with Gasteiger partial charge in [0.15, 0.2) is 0 Å². The second-order valence-corrected chi connectivity index (χ2v) is 7.35. The standard InChI is InChI=1S/C21H21Cl2N3O2/c22-18-7-4-8-19(23)17(18)9-10-20(27)24-16-11-13-26(14-12-16)21(28)25-15-5-2-1-3-6-15/h1-10,16H,11-14H2,(H,24,27)(H,25,28)/b10-9+. The lowest BCUT2D eigenvalue weighted by Gasteiger charge is -2.32. The summed E-state index contributed by atoms with van der Waals surface area (Å²) in [5, 5.41) is 6.84. The van der Waals surface area contributed by atoms with E-state index in [0.717, 1.165) is 5.69 Å². The summed E-state index contributed by atoms with van der Waals surface area (Å²) in [6.07, 6.45) is 4.45. The number of amides is 3. The molecule has 7 heteroatoms. The van der Waals surface area contributed by atoms with Gasteiger partial charge in [0.1, 0.15) is 0 Å². The predicted octanol–water partition coefficient (Wildman–Crippen LogP) is 4.82. The first-order valence-corrected chi connectivity index (χ1v) is 9.82. The summed E-state index contributed by atoms with van der Waals surface area (Å²) < 4.78 is 0. The molecule has 3 amide bonds. The van der Waals surface area contributed by atoms with Crippen LogP contribution in [0.25, 0.3) is 6.08 Å². The number of hydrogen-bond donors (Lipinski definition) is 2. The third-order valence-corrected chi connectivity index (χ3v) is 5.21. The average Bonchev–Trinajstić information content (AvgIpc) is 2.69. The molecule has 28 heavy (non-hydrogen) atoms. The lowest BCUT2D eigenvalue weighted by atomic mass is 10.1. The Morgan fingerprint density at radius 1 is 0.964 bits per heavy atom. The van der Waals surface area contributed by atoms with E-state index in [4.69, 9.17) is 23.2 Å². The molecule has 1 saturated heterocycles. The number of carbonyl (C=O) groups excluding carboxylic acids is 2. The molecule has 0 radical (unpaired) electrons. The maximum absolute atomic E-state index is 12.3. The van der Waals surface area contributed by atoms with Gasteiger partial charge in [-0.25, -0.2) is 4.79 Å². The molecule has 1 heterocycles. The molecule has 3 rings (SSSR count). The number of likely N-dealkylation sites (tertiary alicyclic amines) is 1. The Morgan fingerprint density at radius 2 is 1.61 bits per heavy atom. The Kier molecular flexibility index (Phi) is 6.95. The predicted molar refractivity (Wildman–Crippen MR) is 114 cm³/mol. The highest BCUT2D eigenvalue weighted by Crippen LogP contribution is 2.25. The van der Waals surface area contributed by atoms with Gasteiger partial charge in [0, 0.05) is 46.5 Å². The van der Waals surface area contributed by atoms with Gasteiger partial charge in [-0.1, -0.05) is 47.5 Å². The second kappa shape index (κ2) is 9.62. The third kappa shape index (κ3) is 5.50.